The Balaban J connectivity index is 2.89. The molecule has 0 aliphatic heterocycles. The summed E-state index contributed by atoms with van der Waals surface area (Å²) in [7, 11) is 1.30. The molecule has 0 amide bonds. The monoisotopic (exact) mass is 300 g/mol. The van der Waals surface area contributed by atoms with Crippen molar-refractivity contribution in [1.29, 1.82) is 0 Å². The Morgan fingerprint density at radius 2 is 2.12 bits per heavy atom. The summed E-state index contributed by atoms with van der Waals surface area (Å²) >= 11 is 3.32. The number of hydrogen-bond acceptors (Lipinski definition) is 4. The van der Waals surface area contributed by atoms with Crippen LogP contribution in [-0.2, 0) is 19.1 Å². The molecule has 5 heteroatoms. The lowest BCUT2D eigenvalue weighted by molar-refractivity contribution is -0.152. The van der Waals surface area contributed by atoms with Crippen LogP contribution in [0.15, 0.2) is 28.7 Å². The van der Waals surface area contributed by atoms with Crippen LogP contribution in [0.5, 0.6) is 0 Å². The summed E-state index contributed by atoms with van der Waals surface area (Å²) in [6, 6.07) is 7.26. The first-order valence-electron chi connectivity index (χ1n) is 5.02. The van der Waals surface area contributed by atoms with E-state index in [4.69, 9.17) is 4.74 Å². The Bertz CT molecular complexity index is 417. The second-order valence-electron chi connectivity index (χ2n) is 3.43. The minimum absolute atomic E-state index is 0.00648. The highest BCUT2D eigenvalue weighted by Gasteiger charge is 2.19. The van der Waals surface area contributed by atoms with E-state index in [2.05, 4.69) is 20.7 Å². The summed E-state index contributed by atoms with van der Waals surface area (Å²) in [5.74, 6) is -0.852. The van der Waals surface area contributed by atoms with Gasteiger partial charge in [-0.1, -0.05) is 28.1 Å². The maximum Gasteiger partial charge on any atom is 0.309 e. The number of carbonyl (C=O) groups excluding carboxylic acids is 2. The van der Waals surface area contributed by atoms with E-state index in [1.807, 2.05) is 12.1 Å². The highest BCUT2D eigenvalue weighted by Crippen LogP contribution is 2.24. The Labute approximate surface area is 108 Å². The first-order valence-corrected chi connectivity index (χ1v) is 5.81. The molecule has 0 bridgehead atoms. The lowest BCUT2D eigenvalue weighted by Gasteiger charge is -2.16. The summed E-state index contributed by atoms with van der Waals surface area (Å²) in [6.07, 6.45) is -0.607. The number of esters is 2. The molecule has 0 aliphatic rings. The average Bonchev–Trinajstić information content (AvgIpc) is 2.27. The van der Waals surface area contributed by atoms with Gasteiger partial charge in [0.2, 0.25) is 0 Å². The predicted molar refractivity (Wildman–Crippen MR) is 65.3 cm³/mol. The molecule has 0 heterocycles. The number of ether oxygens (including phenoxy) is 2. The average molecular weight is 301 g/mol. The third-order valence-electron chi connectivity index (χ3n) is 2.11. The van der Waals surface area contributed by atoms with Crippen molar-refractivity contribution in [2.45, 2.75) is 19.4 Å². The maximum absolute atomic E-state index is 11.2. The quantitative estimate of drug-likeness (QED) is 0.802. The lowest BCUT2D eigenvalue weighted by atomic mass is 10.1. The van der Waals surface area contributed by atoms with Crippen LogP contribution in [0.2, 0.25) is 0 Å². The fourth-order valence-corrected chi connectivity index (χ4v) is 1.79. The van der Waals surface area contributed by atoms with Gasteiger partial charge in [0.05, 0.1) is 13.5 Å². The lowest BCUT2D eigenvalue weighted by Crippen LogP contribution is -2.14. The molecule has 0 unspecified atom stereocenters. The second-order valence-corrected chi connectivity index (χ2v) is 4.35. The Morgan fingerprint density at radius 1 is 1.41 bits per heavy atom. The van der Waals surface area contributed by atoms with Crippen LogP contribution in [-0.4, -0.2) is 19.0 Å². The third kappa shape index (κ3) is 4.56. The fraction of sp³-hybridized carbons (Fsp3) is 0.333. The molecular formula is C12H13BrO4. The number of halogens is 1. The van der Waals surface area contributed by atoms with E-state index in [0.717, 1.165) is 10.0 Å². The van der Waals surface area contributed by atoms with Gasteiger partial charge in [0.15, 0.2) is 0 Å². The molecule has 0 aromatic heterocycles. The molecular weight excluding hydrogens is 288 g/mol. The number of methoxy groups -OCH3 is 1. The number of rotatable bonds is 4. The van der Waals surface area contributed by atoms with Gasteiger partial charge in [-0.3, -0.25) is 9.59 Å². The van der Waals surface area contributed by atoms with E-state index in [0.29, 0.717) is 0 Å². The summed E-state index contributed by atoms with van der Waals surface area (Å²) in [5.41, 5.74) is 0.750. The van der Waals surface area contributed by atoms with Crippen molar-refractivity contribution in [2.75, 3.05) is 7.11 Å². The van der Waals surface area contributed by atoms with Gasteiger partial charge in [-0.05, 0) is 17.7 Å². The van der Waals surface area contributed by atoms with E-state index in [1.54, 1.807) is 12.1 Å². The molecule has 4 nitrogen and oxygen atoms in total. The standard InChI is InChI=1S/C12H13BrO4/c1-8(14)17-11(7-12(15)16-2)9-4-3-5-10(13)6-9/h3-6,11H,7H2,1-2H3/t11-/m1/s1. The molecule has 1 atom stereocenters. The van der Waals surface area contributed by atoms with Crippen LogP contribution >= 0.6 is 15.9 Å². The van der Waals surface area contributed by atoms with Crippen LogP contribution in [0.3, 0.4) is 0 Å². The van der Waals surface area contributed by atoms with E-state index in [-0.39, 0.29) is 6.42 Å². The first-order chi connectivity index (χ1) is 8.02. The largest absolute Gasteiger partial charge is 0.469 e. The van der Waals surface area contributed by atoms with Gasteiger partial charge < -0.3 is 9.47 Å². The van der Waals surface area contributed by atoms with E-state index in [9.17, 15) is 9.59 Å². The molecule has 0 radical (unpaired) electrons. The Hall–Kier alpha value is -1.36. The van der Waals surface area contributed by atoms with Crippen LogP contribution in [0, 0.1) is 0 Å². The highest BCUT2D eigenvalue weighted by molar-refractivity contribution is 9.10. The van der Waals surface area contributed by atoms with Crippen LogP contribution in [0.1, 0.15) is 25.0 Å². The van der Waals surface area contributed by atoms with Crippen molar-refractivity contribution in [2.24, 2.45) is 0 Å². The van der Waals surface area contributed by atoms with Gasteiger partial charge >= 0.3 is 11.9 Å². The van der Waals surface area contributed by atoms with Crippen molar-refractivity contribution in [3.63, 3.8) is 0 Å². The zero-order valence-corrected chi connectivity index (χ0v) is 11.2. The molecule has 0 saturated carbocycles. The van der Waals surface area contributed by atoms with Crippen LogP contribution in [0.4, 0.5) is 0 Å². The van der Waals surface area contributed by atoms with Crippen LogP contribution in [0.25, 0.3) is 0 Å². The van der Waals surface area contributed by atoms with Crippen molar-refractivity contribution >= 4 is 27.9 Å². The van der Waals surface area contributed by atoms with Crippen molar-refractivity contribution < 1.29 is 19.1 Å². The molecule has 1 rings (SSSR count). The van der Waals surface area contributed by atoms with Gasteiger partial charge in [-0.25, -0.2) is 0 Å². The number of hydrogen-bond donors (Lipinski definition) is 0. The minimum Gasteiger partial charge on any atom is -0.469 e. The van der Waals surface area contributed by atoms with Gasteiger partial charge in [0.25, 0.3) is 0 Å². The SMILES string of the molecule is COC(=O)C[C@@H](OC(C)=O)c1cccc(Br)c1. The van der Waals surface area contributed by atoms with Gasteiger partial charge in [-0.15, -0.1) is 0 Å². The fourth-order valence-electron chi connectivity index (χ4n) is 1.37. The van der Waals surface area contributed by atoms with Crippen molar-refractivity contribution in [3.8, 4) is 0 Å². The zero-order valence-electron chi connectivity index (χ0n) is 9.60. The summed E-state index contributed by atoms with van der Waals surface area (Å²) < 4.78 is 10.5. The maximum atomic E-state index is 11.2. The third-order valence-corrected chi connectivity index (χ3v) is 2.60. The van der Waals surface area contributed by atoms with Crippen molar-refractivity contribution in [1.82, 2.24) is 0 Å². The molecule has 0 fully saturated rings. The molecule has 0 saturated heterocycles. The number of benzene rings is 1. The summed E-state index contributed by atoms with van der Waals surface area (Å²) in [4.78, 5) is 22.2. The van der Waals surface area contributed by atoms with E-state index in [1.165, 1.54) is 14.0 Å². The highest BCUT2D eigenvalue weighted by atomic mass is 79.9. The minimum atomic E-state index is -0.613. The van der Waals surface area contributed by atoms with E-state index >= 15 is 0 Å². The smallest absolute Gasteiger partial charge is 0.309 e. The van der Waals surface area contributed by atoms with Crippen molar-refractivity contribution in [3.05, 3.63) is 34.3 Å². The molecule has 92 valence electrons. The summed E-state index contributed by atoms with van der Waals surface area (Å²) in [6.45, 7) is 1.31. The second kappa shape index (κ2) is 6.39. The molecule has 1 aromatic carbocycles. The topological polar surface area (TPSA) is 52.6 Å². The predicted octanol–water partition coefficient (Wildman–Crippen LogP) is 2.62. The first kappa shape index (κ1) is 13.7. The summed E-state index contributed by atoms with van der Waals surface area (Å²) in [5, 5.41) is 0. The van der Waals surface area contributed by atoms with E-state index < -0.39 is 18.0 Å². The number of carbonyl (C=O) groups is 2. The van der Waals surface area contributed by atoms with Gasteiger partial charge in [0, 0.05) is 11.4 Å². The Morgan fingerprint density at radius 3 is 2.65 bits per heavy atom. The molecule has 0 N–H and O–H groups in total. The van der Waals surface area contributed by atoms with Crippen LogP contribution < -0.4 is 0 Å². The molecule has 0 spiro atoms. The molecule has 17 heavy (non-hydrogen) atoms. The van der Waals surface area contributed by atoms with Gasteiger partial charge in [0.1, 0.15) is 6.10 Å². The molecule has 1 aromatic rings. The van der Waals surface area contributed by atoms with Gasteiger partial charge in [-0.2, -0.15) is 0 Å². The zero-order chi connectivity index (χ0) is 12.8. The molecule has 0 aliphatic carbocycles. The Kier molecular flexibility index (Phi) is 5.15. The normalized spacial score (nSPS) is 11.7.